The first-order chi connectivity index (χ1) is 22.3. The molecule has 0 heterocycles. The lowest BCUT2D eigenvalue weighted by molar-refractivity contribution is -0.161. The van der Waals surface area contributed by atoms with Crippen LogP contribution in [0, 0.1) is 0 Å². The lowest BCUT2D eigenvalue weighted by atomic mass is 10.0. The quantitative estimate of drug-likeness (QED) is 0.0377. The van der Waals surface area contributed by atoms with Crippen molar-refractivity contribution >= 4 is 19.8 Å². The van der Waals surface area contributed by atoms with Gasteiger partial charge in [0.15, 0.2) is 6.10 Å². The number of esters is 2. The summed E-state index contributed by atoms with van der Waals surface area (Å²) in [7, 11) is -4.35. The van der Waals surface area contributed by atoms with Crippen molar-refractivity contribution < 1.29 is 37.6 Å². The van der Waals surface area contributed by atoms with Gasteiger partial charge in [-0.3, -0.25) is 18.6 Å². The van der Waals surface area contributed by atoms with Crippen molar-refractivity contribution in [2.45, 2.75) is 193 Å². The van der Waals surface area contributed by atoms with E-state index < -0.39 is 32.5 Å². The van der Waals surface area contributed by atoms with Gasteiger partial charge in [-0.15, -0.1) is 0 Å². The number of carbonyl (C=O) groups is 2. The molecule has 0 bridgehead atoms. The van der Waals surface area contributed by atoms with E-state index in [9.17, 15) is 19.0 Å². The van der Waals surface area contributed by atoms with Crippen LogP contribution in [0.25, 0.3) is 0 Å². The molecule has 0 saturated heterocycles. The van der Waals surface area contributed by atoms with Crippen molar-refractivity contribution in [3.8, 4) is 0 Å². The van der Waals surface area contributed by atoms with E-state index in [1.807, 2.05) is 6.92 Å². The van der Waals surface area contributed by atoms with Gasteiger partial charge in [-0.05, 0) is 12.8 Å². The van der Waals surface area contributed by atoms with E-state index >= 15 is 0 Å². The van der Waals surface area contributed by atoms with Gasteiger partial charge in [0.05, 0.1) is 13.2 Å². The third kappa shape index (κ3) is 32.9. The lowest BCUT2D eigenvalue weighted by Gasteiger charge is -2.19. The van der Waals surface area contributed by atoms with Crippen LogP contribution in [-0.2, 0) is 32.7 Å². The number of hydrogen-bond donors (Lipinski definition) is 2. The highest BCUT2D eigenvalue weighted by Crippen LogP contribution is 2.43. The van der Waals surface area contributed by atoms with Crippen molar-refractivity contribution in [2.24, 2.45) is 5.73 Å². The summed E-state index contributed by atoms with van der Waals surface area (Å²) in [5.74, 6) is -0.847. The van der Waals surface area contributed by atoms with Gasteiger partial charge in [0.2, 0.25) is 0 Å². The van der Waals surface area contributed by atoms with E-state index in [0.29, 0.717) is 12.8 Å². The number of carbonyl (C=O) groups excluding carboxylic acids is 2. The smallest absolute Gasteiger partial charge is 0.462 e. The Bertz CT molecular complexity index is 739. The maximum atomic E-state index is 12.4. The average molecular weight is 678 g/mol. The summed E-state index contributed by atoms with van der Waals surface area (Å²) in [6.07, 6.45) is 30.9. The van der Waals surface area contributed by atoms with Crippen LogP contribution in [-0.4, -0.2) is 49.3 Å². The molecule has 0 fully saturated rings. The predicted molar refractivity (Wildman–Crippen MR) is 188 cm³/mol. The molecule has 0 amide bonds. The minimum atomic E-state index is -4.35. The molecule has 0 aliphatic rings. The summed E-state index contributed by atoms with van der Waals surface area (Å²) in [4.78, 5) is 34.2. The fraction of sp³-hybridized carbons (Fsp3) is 0.944. The standard InChI is InChI=1S/C36H72NO8P/c1-3-5-7-8-9-10-11-12-13-14-15-16-17-18-19-20-21-22-23-24-25-27-29-36(39)45-34(32-42-35(38)28-26-6-4-2)33-44-46(40,41)43-31-30-37/h34H,3-33,37H2,1-2H3,(H,40,41). The van der Waals surface area contributed by atoms with Gasteiger partial charge in [0.1, 0.15) is 6.61 Å². The van der Waals surface area contributed by atoms with Gasteiger partial charge in [0.25, 0.3) is 0 Å². The van der Waals surface area contributed by atoms with Crippen LogP contribution < -0.4 is 5.73 Å². The second-order valence-corrected chi connectivity index (χ2v) is 14.3. The van der Waals surface area contributed by atoms with Gasteiger partial charge >= 0.3 is 19.8 Å². The Morgan fingerprint density at radius 2 is 0.935 bits per heavy atom. The molecule has 10 heteroatoms. The highest BCUT2D eigenvalue weighted by Gasteiger charge is 2.25. The summed E-state index contributed by atoms with van der Waals surface area (Å²) >= 11 is 0. The summed E-state index contributed by atoms with van der Waals surface area (Å²) < 4.78 is 32.3. The third-order valence-electron chi connectivity index (χ3n) is 8.24. The predicted octanol–water partition coefficient (Wildman–Crippen LogP) is 10.1. The highest BCUT2D eigenvalue weighted by atomic mass is 31.2. The summed E-state index contributed by atoms with van der Waals surface area (Å²) in [6, 6.07) is 0. The Balaban J connectivity index is 3.84. The third-order valence-corrected chi connectivity index (χ3v) is 9.23. The topological polar surface area (TPSA) is 134 Å². The van der Waals surface area contributed by atoms with Crippen LogP contribution in [0.2, 0.25) is 0 Å². The number of ether oxygens (including phenoxy) is 2. The zero-order chi connectivity index (χ0) is 34.0. The first kappa shape index (κ1) is 45.0. The van der Waals surface area contributed by atoms with Crippen LogP contribution in [0.5, 0.6) is 0 Å². The maximum absolute atomic E-state index is 12.4. The van der Waals surface area contributed by atoms with E-state index in [0.717, 1.165) is 25.7 Å². The SMILES string of the molecule is CCCCCCCCCCCCCCCCCCCCCCCCC(=O)OC(COC(=O)CCCCC)COP(=O)(O)OCCN. The molecule has 9 nitrogen and oxygen atoms in total. The Morgan fingerprint density at radius 1 is 0.565 bits per heavy atom. The van der Waals surface area contributed by atoms with E-state index in [2.05, 4.69) is 6.92 Å². The summed E-state index contributed by atoms with van der Waals surface area (Å²) in [6.45, 7) is 3.56. The van der Waals surface area contributed by atoms with Gasteiger partial charge in [0, 0.05) is 19.4 Å². The Morgan fingerprint density at radius 3 is 1.37 bits per heavy atom. The molecule has 0 saturated carbocycles. The minimum absolute atomic E-state index is 0.0568. The van der Waals surface area contributed by atoms with Crippen molar-refractivity contribution in [3.63, 3.8) is 0 Å². The molecular formula is C36H72NO8P. The number of nitrogens with two attached hydrogens (primary N) is 1. The fourth-order valence-electron chi connectivity index (χ4n) is 5.40. The van der Waals surface area contributed by atoms with Crippen molar-refractivity contribution in [2.75, 3.05) is 26.4 Å². The molecule has 0 radical (unpaired) electrons. The van der Waals surface area contributed by atoms with Crippen molar-refractivity contribution in [1.82, 2.24) is 0 Å². The fourth-order valence-corrected chi connectivity index (χ4v) is 6.16. The van der Waals surface area contributed by atoms with Gasteiger partial charge in [-0.1, -0.05) is 162 Å². The van der Waals surface area contributed by atoms with Gasteiger partial charge in [-0.2, -0.15) is 0 Å². The molecule has 0 spiro atoms. The van der Waals surface area contributed by atoms with E-state index in [-0.39, 0.29) is 32.6 Å². The molecule has 46 heavy (non-hydrogen) atoms. The first-order valence-electron chi connectivity index (χ1n) is 19.0. The molecule has 3 N–H and O–H groups in total. The number of rotatable bonds is 36. The van der Waals surface area contributed by atoms with Gasteiger partial charge in [-0.25, -0.2) is 4.57 Å². The lowest BCUT2D eigenvalue weighted by Crippen LogP contribution is -2.29. The van der Waals surface area contributed by atoms with Crippen LogP contribution >= 0.6 is 7.82 Å². The molecule has 0 aliphatic carbocycles. The second-order valence-electron chi connectivity index (χ2n) is 12.8. The number of unbranched alkanes of at least 4 members (excludes halogenated alkanes) is 23. The van der Waals surface area contributed by atoms with E-state index in [1.54, 1.807) is 0 Å². The zero-order valence-electron chi connectivity index (χ0n) is 29.8. The van der Waals surface area contributed by atoms with E-state index in [4.69, 9.17) is 24.3 Å². The molecule has 2 unspecified atom stereocenters. The molecule has 274 valence electrons. The van der Waals surface area contributed by atoms with Crippen molar-refractivity contribution in [1.29, 1.82) is 0 Å². The maximum Gasteiger partial charge on any atom is 0.472 e. The molecule has 0 aromatic heterocycles. The number of hydrogen-bond acceptors (Lipinski definition) is 8. The molecule has 0 rings (SSSR count). The minimum Gasteiger partial charge on any atom is -0.462 e. The number of phosphoric ester groups is 1. The Kier molecular flexibility index (Phi) is 33.2. The highest BCUT2D eigenvalue weighted by molar-refractivity contribution is 7.47. The van der Waals surface area contributed by atoms with Crippen LogP contribution in [0.4, 0.5) is 0 Å². The van der Waals surface area contributed by atoms with E-state index in [1.165, 1.54) is 122 Å². The monoisotopic (exact) mass is 677 g/mol. The second kappa shape index (κ2) is 33.9. The Hall–Kier alpha value is -0.990. The Labute approximate surface area is 282 Å². The molecule has 0 aromatic carbocycles. The summed E-state index contributed by atoms with van der Waals surface area (Å²) in [5, 5.41) is 0. The van der Waals surface area contributed by atoms with Crippen molar-refractivity contribution in [3.05, 3.63) is 0 Å². The first-order valence-corrected chi connectivity index (χ1v) is 20.5. The molecule has 0 aliphatic heterocycles. The number of phosphoric acid groups is 1. The molecular weight excluding hydrogens is 605 g/mol. The van der Waals surface area contributed by atoms with Crippen LogP contribution in [0.15, 0.2) is 0 Å². The molecule has 0 aromatic rings. The van der Waals surface area contributed by atoms with Gasteiger partial charge < -0.3 is 20.1 Å². The zero-order valence-corrected chi connectivity index (χ0v) is 30.7. The normalized spacial score (nSPS) is 13.4. The molecule has 2 atom stereocenters. The average Bonchev–Trinajstić information content (AvgIpc) is 3.04. The largest absolute Gasteiger partial charge is 0.472 e. The van der Waals surface area contributed by atoms with Crippen LogP contribution in [0.3, 0.4) is 0 Å². The van der Waals surface area contributed by atoms with Crippen LogP contribution in [0.1, 0.15) is 187 Å². The summed E-state index contributed by atoms with van der Waals surface area (Å²) in [5.41, 5.74) is 5.30.